The molecule has 0 bridgehead atoms. The minimum absolute atomic E-state index is 0.0670. The largest absolute Gasteiger partial charge is 0.417 e. The molecule has 5 rings (SSSR count). The quantitative estimate of drug-likeness (QED) is 0.244. The predicted molar refractivity (Wildman–Crippen MR) is 149 cm³/mol. The van der Waals surface area contributed by atoms with Crippen molar-refractivity contribution in [2.45, 2.75) is 12.7 Å². The van der Waals surface area contributed by atoms with Crippen molar-refractivity contribution >= 4 is 40.6 Å². The number of alkyl halides is 3. The van der Waals surface area contributed by atoms with Crippen LogP contribution in [0.3, 0.4) is 0 Å². The second-order valence-electron chi connectivity index (χ2n) is 9.40. The molecule has 4 aromatic rings. The smallest absolute Gasteiger partial charge is 0.379 e. The van der Waals surface area contributed by atoms with Gasteiger partial charge in [-0.2, -0.15) is 18.3 Å². The fraction of sp³-hybridized carbons (Fsp3) is 0.207. The van der Waals surface area contributed by atoms with Crippen LogP contribution in [0.25, 0.3) is 5.69 Å². The number of aromatic nitrogens is 2. The van der Waals surface area contributed by atoms with E-state index in [4.69, 9.17) is 27.9 Å². The van der Waals surface area contributed by atoms with Gasteiger partial charge in [-0.1, -0.05) is 35.3 Å². The molecule has 0 spiro atoms. The van der Waals surface area contributed by atoms with Gasteiger partial charge in [0.15, 0.2) is 5.78 Å². The number of nitrogens with one attached hydrogen (secondary N) is 1. The Balaban J connectivity index is 1.37. The van der Waals surface area contributed by atoms with E-state index in [1.54, 1.807) is 24.3 Å². The first-order valence-corrected chi connectivity index (χ1v) is 13.3. The van der Waals surface area contributed by atoms with Crippen LogP contribution in [0.5, 0.6) is 0 Å². The number of rotatable bonds is 7. The summed E-state index contributed by atoms with van der Waals surface area (Å²) in [5, 5.41) is 6.66. The molecule has 12 heteroatoms. The SMILES string of the molecule is O=C(Nc1ccc(Cl)cc1C(=O)c1cnn(-c2ccc(Cl)c(C(F)(F)F)c2)c1)c1cccc(CN2CCOCC2)c1. The minimum Gasteiger partial charge on any atom is -0.379 e. The van der Waals surface area contributed by atoms with Crippen LogP contribution in [0.1, 0.15) is 37.4 Å². The van der Waals surface area contributed by atoms with Gasteiger partial charge in [-0.15, -0.1) is 0 Å². The average Bonchev–Trinajstić information content (AvgIpc) is 3.44. The molecule has 1 aliphatic heterocycles. The van der Waals surface area contributed by atoms with Crippen molar-refractivity contribution in [3.63, 3.8) is 0 Å². The Morgan fingerprint density at radius 3 is 2.51 bits per heavy atom. The molecule has 41 heavy (non-hydrogen) atoms. The van der Waals surface area contributed by atoms with Gasteiger partial charge in [0.2, 0.25) is 0 Å². The van der Waals surface area contributed by atoms with Crippen molar-refractivity contribution in [2.75, 3.05) is 31.6 Å². The third-order valence-electron chi connectivity index (χ3n) is 6.54. The summed E-state index contributed by atoms with van der Waals surface area (Å²) in [6, 6.07) is 15.0. The number of nitrogens with zero attached hydrogens (tertiary/aromatic N) is 3. The first-order chi connectivity index (χ1) is 19.6. The minimum atomic E-state index is -4.66. The maximum absolute atomic E-state index is 13.5. The molecule has 2 heterocycles. The molecule has 3 aromatic carbocycles. The van der Waals surface area contributed by atoms with E-state index < -0.39 is 28.5 Å². The number of ketones is 1. The monoisotopic (exact) mass is 602 g/mol. The molecule has 0 radical (unpaired) electrons. The number of carbonyl (C=O) groups excluding carboxylic acids is 2. The molecule has 0 unspecified atom stereocenters. The van der Waals surface area contributed by atoms with E-state index in [-0.39, 0.29) is 27.5 Å². The van der Waals surface area contributed by atoms with Gasteiger partial charge in [0.1, 0.15) is 0 Å². The molecule has 1 fully saturated rings. The first kappa shape index (κ1) is 28.8. The van der Waals surface area contributed by atoms with Crippen LogP contribution in [0, 0.1) is 0 Å². The fourth-order valence-corrected chi connectivity index (χ4v) is 4.84. The lowest BCUT2D eigenvalue weighted by Crippen LogP contribution is -2.35. The summed E-state index contributed by atoms with van der Waals surface area (Å²) in [5.41, 5.74) is 0.837. The van der Waals surface area contributed by atoms with Crippen LogP contribution in [0.4, 0.5) is 18.9 Å². The predicted octanol–water partition coefficient (Wildman–Crippen LogP) is 6.51. The molecule has 0 saturated carbocycles. The molecule has 1 N–H and O–H groups in total. The fourth-order valence-electron chi connectivity index (χ4n) is 4.45. The number of carbonyl (C=O) groups is 2. The van der Waals surface area contributed by atoms with Crippen molar-refractivity contribution in [2.24, 2.45) is 0 Å². The normalized spacial score (nSPS) is 14.2. The van der Waals surface area contributed by atoms with Crippen LogP contribution < -0.4 is 5.32 Å². The highest BCUT2D eigenvalue weighted by molar-refractivity contribution is 6.32. The van der Waals surface area contributed by atoms with Gasteiger partial charge in [-0.3, -0.25) is 14.5 Å². The number of ether oxygens (including phenoxy) is 1. The maximum Gasteiger partial charge on any atom is 0.417 e. The average molecular weight is 603 g/mol. The molecule has 7 nitrogen and oxygen atoms in total. The van der Waals surface area contributed by atoms with Gasteiger partial charge >= 0.3 is 6.18 Å². The molecule has 1 amide bonds. The Hall–Kier alpha value is -3.70. The van der Waals surface area contributed by atoms with Gasteiger partial charge in [-0.05, 0) is 54.1 Å². The van der Waals surface area contributed by atoms with Gasteiger partial charge in [0, 0.05) is 42.0 Å². The molecule has 1 saturated heterocycles. The Morgan fingerprint density at radius 1 is 0.976 bits per heavy atom. The molecular weight excluding hydrogens is 580 g/mol. The van der Waals surface area contributed by atoms with Gasteiger partial charge in [-0.25, -0.2) is 4.68 Å². The number of morpholine rings is 1. The van der Waals surface area contributed by atoms with Crippen molar-refractivity contribution in [3.8, 4) is 5.69 Å². The van der Waals surface area contributed by atoms with Gasteiger partial charge in [0.25, 0.3) is 5.91 Å². The van der Waals surface area contributed by atoms with Crippen LogP contribution in [0.15, 0.2) is 73.1 Å². The highest BCUT2D eigenvalue weighted by Crippen LogP contribution is 2.36. The molecule has 0 aliphatic carbocycles. The van der Waals surface area contributed by atoms with Crippen molar-refractivity contribution in [1.29, 1.82) is 0 Å². The lowest BCUT2D eigenvalue weighted by molar-refractivity contribution is -0.137. The number of halogens is 5. The van der Waals surface area contributed by atoms with Crippen LogP contribution >= 0.6 is 23.2 Å². The lowest BCUT2D eigenvalue weighted by Gasteiger charge is -2.26. The highest BCUT2D eigenvalue weighted by Gasteiger charge is 2.33. The number of benzene rings is 3. The van der Waals surface area contributed by atoms with E-state index in [0.717, 1.165) is 35.5 Å². The van der Waals surface area contributed by atoms with Crippen molar-refractivity contribution in [1.82, 2.24) is 14.7 Å². The Morgan fingerprint density at radius 2 is 1.76 bits per heavy atom. The summed E-state index contributed by atoms with van der Waals surface area (Å²) < 4.78 is 46.5. The summed E-state index contributed by atoms with van der Waals surface area (Å²) >= 11 is 11.9. The second-order valence-corrected chi connectivity index (χ2v) is 10.2. The van der Waals surface area contributed by atoms with Crippen molar-refractivity contribution in [3.05, 3.63) is 111 Å². The third kappa shape index (κ3) is 6.79. The number of amides is 1. The van der Waals surface area contributed by atoms with Crippen LogP contribution in [-0.2, 0) is 17.5 Å². The zero-order valence-electron chi connectivity index (χ0n) is 21.4. The Bertz CT molecular complexity index is 1600. The van der Waals surface area contributed by atoms with Crippen molar-refractivity contribution < 1.29 is 27.5 Å². The molecular formula is C29H23Cl2F3N4O3. The molecule has 1 aliphatic rings. The van der Waals surface area contributed by atoms with E-state index in [9.17, 15) is 22.8 Å². The van der Waals surface area contributed by atoms with E-state index in [1.807, 2.05) is 6.07 Å². The summed E-state index contributed by atoms with van der Waals surface area (Å²) in [4.78, 5) is 28.9. The van der Waals surface area contributed by atoms with Crippen LogP contribution in [0.2, 0.25) is 10.0 Å². The summed E-state index contributed by atoms with van der Waals surface area (Å²) in [6.45, 7) is 3.63. The molecule has 0 atom stereocenters. The maximum atomic E-state index is 13.5. The standard InChI is InChI=1S/C29H23Cl2F3N4O3/c30-21-4-7-26(36-28(40)19-3-1-2-18(12-19)16-37-8-10-41-11-9-37)23(13-21)27(39)20-15-35-38(17-20)22-5-6-25(31)24(14-22)29(32,33)34/h1-7,12-15,17H,8-11,16H2,(H,36,40). The van der Waals surface area contributed by atoms with Crippen LogP contribution in [-0.4, -0.2) is 52.7 Å². The summed E-state index contributed by atoms with van der Waals surface area (Å²) in [5.74, 6) is -0.943. The third-order valence-corrected chi connectivity index (χ3v) is 7.10. The Kier molecular flexibility index (Phi) is 8.46. The van der Waals surface area contributed by atoms with E-state index in [0.29, 0.717) is 25.3 Å². The Labute approximate surface area is 243 Å². The van der Waals surface area contributed by atoms with Gasteiger partial charge < -0.3 is 10.1 Å². The lowest BCUT2D eigenvalue weighted by atomic mass is 10.0. The number of hydrogen-bond acceptors (Lipinski definition) is 5. The summed E-state index contributed by atoms with van der Waals surface area (Å²) in [6.07, 6.45) is -2.13. The number of hydrogen-bond donors (Lipinski definition) is 1. The number of anilines is 1. The topological polar surface area (TPSA) is 76.5 Å². The zero-order valence-corrected chi connectivity index (χ0v) is 22.9. The highest BCUT2D eigenvalue weighted by atomic mass is 35.5. The first-order valence-electron chi connectivity index (χ1n) is 12.5. The summed E-state index contributed by atoms with van der Waals surface area (Å²) in [7, 11) is 0. The zero-order chi connectivity index (χ0) is 29.1. The second kappa shape index (κ2) is 12.0. The van der Waals surface area contributed by atoms with E-state index in [2.05, 4.69) is 15.3 Å². The molecule has 1 aromatic heterocycles. The van der Waals surface area contributed by atoms with E-state index >= 15 is 0 Å². The van der Waals surface area contributed by atoms with Gasteiger partial charge in [0.05, 0.1) is 46.9 Å². The van der Waals surface area contributed by atoms with E-state index in [1.165, 1.54) is 30.6 Å². The molecule has 212 valence electrons.